The van der Waals surface area contributed by atoms with E-state index < -0.39 is 6.09 Å². The van der Waals surface area contributed by atoms with Crippen LogP contribution in [0.15, 0.2) is 12.1 Å². The van der Waals surface area contributed by atoms with Crippen molar-refractivity contribution in [3.8, 4) is 0 Å². The Morgan fingerprint density at radius 1 is 1.35 bits per heavy atom. The largest absolute Gasteiger partial charge is 0.464 e. The summed E-state index contributed by atoms with van der Waals surface area (Å²) in [5.41, 5.74) is 1.80. The fourth-order valence-electron chi connectivity index (χ4n) is 1.03. The van der Waals surface area contributed by atoms with E-state index in [-0.39, 0.29) is 32.2 Å². The average Bonchev–Trinajstić information content (AvgIpc) is 2.15. The summed E-state index contributed by atoms with van der Waals surface area (Å²) in [7, 11) is 0. The molecule has 8 heteroatoms. The van der Waals surface area contributed by atoms with Gasteiger partial charge in [0.1, 0.15) is 10.0 Å². The number of hydrogen-bond donors (Lipinski definition) is 1. The first kappa shape index (κ1) is 14.0. The topological polar surface area (TPSA) is 58.4 Å². The van der Waals surface area contributed by atoms with Gasteiger partial charge in [-0.3, -0.25) is 0 Å². The molecule has 17 heavy (non-hydrogen) atoms. The monoisotopic (exact) mass is 297 g/mol. The van der Waals surface area contributed by atoms with Crippen molar-refractivity contribution in [2.75, 3.05) is 6.61 Å². The molecule has 1 amide bonds. The van der Waals surface area contributed by atoms with E-state index in [4.69, 9.17) is 34.8 Å². The number of carbonyl (C=O) groups is 1. The maximum Gasteiger partial charge on any atom is 0.464 e. The van der Waals surface area contributed by atoms with Gasteiger partial charge in [0.25, 0.3) is 0 Å². The number of nitrogens with zero attached hydrogens (tertiary/aromatic N) is 1. The molecule has 0 atom stereocenters. The van der Waals surface area contributed by atoms with Crippen LogP contribution in [0, 0.1) is 4.91 Å². The zero-order valence-corrected chi connectivity index (χ0v) is 10.9. The second kappa shape index (κ2) is 6.05. The van der Waals surface area contributed by atoms with Crippen molar-refractivity contribution in [2.24, 2.45) is 0 Å². The molecule has 0 spiro atoms. The van der Waals surface area contributed by atoms with Gasteiger partial charge in [-0.2, -0.15) is 0 Å². The number of nitroso groups, excluding NO2 is 1. The van der Waals surface area contributed by atoms with Crippen LogP contribution in [0.1, 0.15) is 6.92 Å². The Kier molecular flexibility index (Phi) is 4.99. The SMILES string of the molecule is CCOC(=O)N[N+](=O)c1c(Cl)cc(Cl)cc1Cl. The summed E-state index contributed by atoms with van der Waals surface area (Å²) < 4.78 is 4.53. The predicted molar refractivity (Wildman–Crippen MR) is 64.9 cm³/mol. The summed E-state index contributed by atoms with van der Waals surface area (Å²) in [5, 5.41) is 0.330. The zero-order valence-electron chi connectivity index (χ0n) is 8.67. The molecule has 0 radical (unpaired) electrons. The lowest BCUT2D eigenvalue weighted by Gasteiger charge is -2.00. The molecule has 0 saturated carbocycles. The number of halogens is 3. The van der Waals surface area contributed by atoms with Gasteiger partial charge in [-0.15, -0.1) is 0 Å². The van der Waals surface area contributed by atoms with Crippen molar-refractivity contribution in [2.45, 2.75) is 6.92 Å². The van der Waals surface area contributed by atoms with Crippen molar-refractivity contribution in [3.63, 3.8) is 0 Å². The Morgan fingerprint density at radius 3 is 2.35 bits per heavy atom. The maximum absolute atomic E-state index is 11.6. The number of amides is 1. The van der Waals surface area contributed by atoms with Crippen LogP contribution in [-0.2, 0) is 4.74 Å². The number of benzene rings is 1. The highest BCUT2D eigenvalue weighted by Gasteiger charge is 2.26. The first-order valence-electron chi connectivity index (χ1n) is 4.51. The summed E-state index contributed by atoms with van der Waals surface area (Å²) in [6.07, 6.45) is -0.899. The van der Waals surface area contributed by atoms with Gasteiger partial charge in [-0.05, 0) is 24.5 Å². The van der Waals surface area contributed by atoms with Crippen LogP contribution in [0.25, 0.3) is 0 Å². The van der Waals surface area contributed by atoms with Gasteiger partial charge >= 0.3 is 11.8 Å². The van der Waals surface area contributed by atoms with Gasteiger partial charge in [0.15, 0.2) is 4.87 Å². The fourth-order valence-corrected chi connectivity index (χ4v) is 2.00. The van der Waals surface area contributed by atoms with Crippen LogP contribution in [0.5, 0.6) is 0 Å². The fraction of sp³-hybridized carbons (Fsp3) is 0.222. The number of ether oxygens (including phenoxy) is 1. The van der Waals surface area contributed by atoms with Crippen LogP contribution in [-0.4, -0.2) is 17.6 Å². The van der Waals surface area contributed by atoms with E-state index in [2.05, 4.69) is 4.74 Å². The zero-order chi connectivity index (χ0) is 13.0. The van der Waals surface area contributed by atoms with Crippen LogP contribution in [0.2, 0.25) is 15.1 Å². The molecular formula is C9H8Cl3N2O3+. The molecule has 0 bridgehead atoms. The van der Waals surface area contributed by atoms with E-state index in [9.17, 15) is 9.70 Å². The van der Waals surface area contributed by atoms with E-state index in [1.165, 1.54) is 12.1 Å². The third-order valence-electron chi connectivity index (χ3n) is 1.65. The Balaban J connectivity index is 2.93. The van der Waals surface area contributed by atoms with E-state index in [1.54, 1.807) is 6.92 Å². The number of nitrogens with one attached hydrogen (secondary N) is 1. The first-order valence-corrected chi connectivity index (χ1v) is 5.64. The number of rotatable bonds is 3. The molecule has 0 fully saturated rings. The minimum atomic E-state index is -0.899. The van der Waals surface area contributed by atoms with Crippen LogP contribution in [0.3, 0.4) is 0 Å². The van der Waals surface area contributed by atoms with Crippen LogP contribution < -0.4 is 5.43 Å². The summed E-state index contributed by atoms with van der Waals surface area (Å²) in [6.45, 7) is 1.75. The summed E-state index contributed by atoms with van der Waals surface area (Å²) in [5.74, 6) is 0. The molecule has 0 unspecified atom stereocenters. The number of hydrogen-bond acceptors (Lipinski definition) is 3. The molecule has 5 nitrogen and oxygen atoms in total. The molecule has 0 heterocycles. The highest BCUT2D eigenvalue weighted by Crippen LogP contribution is 2.34. The summed E-state index contributed by atoms with van der Waals surface area (Å²) >= 11 is 17.3. The van der Waals surface area contributed by atoms with Crippen molar-refractivity contribution in [1.29, 1.82) is 0 Å². The Hall–Kier alpha value is -1.04. The van der Waals surface area contributed by atoms with Gasteiger partial charge in [0.2, 0.25) is 0 Å². The highest BCUT2D eigenvalue weighted by atomic mass is 35.5. The van der Waals surface area contributed by atoms with E-state index in [0.717, 1.165) is 0 Å². The van der Waals surface area contributed by atoms with Gasteiger partial charge in [0, 0.05) is 5.02 Å². The molecule has 92 valence electrons. The molecule has 1 N–H and O–H groups in total. The van der Waals surface area contributed by atoms with Crippen LogP contribution in [0.4, 0.5) is 10.5 Å². The van der Waals surface area contributed by atoms with E-state index >= 15 is 0 Å². The smallest absolute Gasteiger partial charge is 0.446 e. The van der Waals surface area contributed by atoms with Crippen LogP contribution >= 0.6 is 34.8 Å². The molecular weight excluding hydrogens is 290 g/mol. The lowest BCUT2D eigenvalue weighted by Crippen LogP contribution is -2.30. The second-order valence-corrected chi connectivity index (χ2v) is 4.10. The molecule has 0 aliphatic rings. The minimum Gasteiger partial charge on any atom is -0.446 e. The number of hydrazine groups is 1. The standard InChI is InChI=1S/C9H7Cl3N2O3/c1-2-17-9(15)13-14(16)8-6(11)3-5(10)4-7(8)12/h3-4H,2H2,1H3/p+1. The lowest BCUT2D eigenvalue weighted by molar-refractivity contribution is -0.513. The number of carbonyl (C=O) groups excluding carboxylic acids is 1. The molecule has 0 aromatic heterocycles. The van der Waals surface area contributed by atoms with Gasteiger partial charge < -0.3 is 4.74 Å². The highest BCUT2D eigenvalue weighted by molar-refractivity contribution is 6.40. The summed E-state index contributed by atoms with van der Waals surface area (Å²) in [6, 6.07) is 2.67. The van der Waals surface area contributed by atoms with E-state index in [0.29, 0.717) is 0 Å². The van der Waals surface area contributed by atoms with Gasteiger partial charge in [-0.25, -0.2) is 4.79 Å². The molecule has 1 aromatic rings. The Bertz CT molecular complexity index is 442. The lowest BCUT2D eigenvalue weighted by atomic mass is 10.3. The Morgan fingerprint density at radius 2 is 1.88 bits per heavy atom. The molecule has 0 aliphatic heterocycles. The van der Waals surface area contributed by atoms with Gasteiger partial charge in [0.05, 0.1) is 11.5 Å². The predicted octanol–water partition coefficient (Wildman–Crippen LogP) is 3.72. The second-order valence-electron chi connectivity index (χ2n) is 2.84. The third-order valence-corrected chi connectivity index (χ3v) is 2.45. The quantitative estimate of drug-likeness (QED) is 0.683. The molecule has 0 aliphatic carbocycles. The summed E-state index contributed by atoms with van der Waals surface area (Å²) in [4.78, 5) is 22.7. The minimum absolute atomic E-state index is 0.0225. The third kappa shape index (κ3) is 3.73. The molecule has 1 aromatic carbocycles. The Labute approximate surface area is 112 Å². The van der Waals surface area contributed by atoms with E-state index in [1.807, 2.05) is 5.43 Å². The average molecular weight is 299 g/mol. The molecule has 0 saturated heterocycles. The maximum atomic E-state index is 11.6. The first-order chi connectivity index (χ1) is 7.95. The van der Waals surface area contributed by atoms with Crippen molar-refractivity contribution >= 4 is 46.6 Å². The normalized spacial score (nSPS) is 9.88. The van der Waals surface area contributed by atoms with Crippen molar-refractivity contribution in [1.82, 2.24) is 5.43 Å². The van der Waals surface area contributed by atoms with Crippen molar-refractivity contribution in [3.05, 3.63) is 32.1 Å². The van der Waals surface area contributed by atoms with Gasteiger partial charge in [-0.1, -0.05) is 34.8 Å². The molecule has 1 rings (SSSR count). The van der Waals surface area contributed by atoms with Crippen molar-refractivity contribution < 1.29 is 14.4 Å².